The summed E-state index contributed by atoms with van der Waals surface area (Å²) in [4.78, 5) is 13.6. The van der Waals surface area contributed by atoms with Crippen LogP contribution in [-0.2, 0) is 11.2 Å². The molecule has 0 unspecified atom stereocenters. The van der Waals surface area contributed by atoms with Crippen LogP contribution in [0.4, 0.5) is 16.2 Å². The van der Waals surface area contributed by atoms with Gasteiger partial charge in [0.2, 0.25) is 0 Å². The minimum atomic E-state index is -0.286. The van der Waals surface area contributed by atoms with Gasteiger partial charge in [-0.2, -0.15) is 0 Å². The molecule has 1 aliphatic heterocycles. The SMILES string of the molecule is CC(C)OC(=O)N1CCCc2ccc(N)cc21. The second-order valence-corrected chi connectivity index (χ2v) is 4.58. The Morgan fingerprint density at radius 3 is 2.94 bits per heavy atom. The fourth-order valence-corrected chi connectivity index (χ4v) is 2.05. The number of aryl methyl sites for hydroxylation is 1. The fraction of sp³-hybridized carbons (Fsp3) is 0.462. The van der Waals surface area contributed by atoms with Crippen LogP contribution < -0.4 is 10.6 Å². The Balaban J connectivity index is 2.27. The molecule has 4 nitrogen and oxygen atoms in total. The Kier molecular flexibility index (Phi) is 3.22. The van der Waals surface area contributed by atoms with Gasteiger partial charge in [-0.15, -0.1) is 0 Å². The van der Waals surface area contributed by atoms with Crippen molar-refractivity contribution in [2.75, 3.05) is 17.2 Å². The quantitative estimate of drug-likeness (QED) is 0.760. The number of hydrogen-bond acceptors (Lipinski definition) is 3. The minimum absolute atomic E-state index is 0.103. The topological polar surface area (TPSA) is 55.6 Å². The molecule has 92 valence electrons. The molecule has 1 aliphatic rings. The van der Waals surface area contributed by atoms with E-state index in [2.05, 4.69) is 0 Å². The molecule has 0 saturated heterocycles. The zero-order valence-corrected chi connectivity index (χ0v) is 10.3. The third-order valence-corrected chi connectivity index (χ3v) is 2.78. The number of hydrogen-bond donors (Lipinski definition) is 1. The Morgan fingerprint density at radius 2 is 2.24 bits per heavy atom. The van der Waals surface area contributed by atoms with E-state index < -0.39 is 0 Å². The standard InChI is InChI=1S/C13H18N2O2/c1-9(2)17-13(16)15-7-3-4-10-5-6-11(14)8-12(10)15/h5-6,8-9H,3-4,7,14H2,1-2H3. The first-order valence-electron chi connectivity index (χ1n) is 5.94. The monoisotopic (exact) mass is 234 g/mol. The molecule has 1 amide bonds. The third kappa shape index (κ3) is 2.52. The zero-order chi connectivity index (χ0) is 12.4. The summed E-state index contributed by atoms with van der Waals surface area (Å²) in [6.07, 6.45) is 1.56. The van der Waals surface area contributed by atoms with Crippen LogP contribution >= 0.6 is 0 Å². The molecular weight excluding hydrogens is 216 g/mol. The van der Waals surface area contributed by atoms with Gasteiger partial charge in [0, 0.05) is 12.2 Å². The van der Waals surface area contributed by atoms with Crippen LogP contribution in [-0.4, -0.2) is 18.7 Å². The summed E-state index contributed by atoms with van der Waals surface area (Å²) in [6, 6.07) is 5.70. The summed E-state index contributed by atoms with van der Waals surface area (Å²) in [5, 5.41) is 0. The lowest BCUT2D eigenvalue weighted by Crippen LogP contribution is -2.37. The molecule has 0 radical (unpaired) electrons. The molecule has 0 aliphatic carbocycles. The smallest absolute Gasteiger partial charge is 0.414 e. The normalized spacial score (nSPS) is 14.6. The van der Waals surface area contributed by atoms with Crippen LogP contribution in [0.1, 0.15) is 25.8 Å². The molecule has 4 heteroatoms. The van der Waals surface area contributed by atoms with Crippen LogP contribution in [0.5, 0.6) is 0 Å². The number of carbonyl (C=O) groups is 1. The number of fused-ring (bicyclic) bond motifs is 1. The van der Waals surface area contributed by atoms with Crippen molar-refractivity contribution < 1.29 is 9.53 Å². The zero-order valence-electron chi connectivity index (χ0n) is 10.3. The van der Waals surface area contributed by atoms with Crippen molar-refractivity contribution in [3.8, 4) is 0 Å². The number of nitrogen functional groups attached to an aromatic ring is 1. The number of carbonyl (C=O) groups excluding carboxylic acids is 1. The number of anilines is 2. The van der Waals surface area contributed by atoms with E-state index in [1.165, 1.54) is 0 Å². The summed E-state index contributed by atoms with van der Waals surface area (Å²) in [5.41, 5.74) is 8.49. The van der Waals surface area contributed by atoms with E-state index >= 15 is 0 Å². The third-order valence-electron chi connectivity index (χ3n) is 2.78. The van der Waals surface area contributed by atoms with Gasteiger partial charge in [0.15, 0.2) is 0 Å². The average Bonchev–Trinajstić information content (AvgIpc) is 2.27. The maximum Gasteiger partial charge on any atom is 0.414 e. The average molecular weight is 234 g/mol. The van der Waals surface area contributed by atoms with Gasteiger partial charge >= 0.3 is 6.09 Å². The van der Waals surface area contributed by atoms with Gasteiger partial charge < -0.3 is 10.5 Å². The summed E-state index contributed by atoms with van der Waals surface area (Å²) in [6.45, 7) is 4.40. The lowest BCUT2D eigenvalue weighted by molar-refractivity contribution is 0.122. The lowest BCUT2D eigenvalue weighted by Gasteiger charge is -2.29. The summed E-state index contributed by atoms with van der Waals surface area (Å²) in [7, 11) is 0. The molecule has 1 aromatic rings. The van der Waals surface area contributed by atoms with E-state index in [4.69, 9.17) is 10.5 Å². The van der Waals surface area contributed by atoms with Crippen LogP contribution in [0.2, 0.25) is 0 Å². The maximum absolute atomic E-state index is 11.9. The van der Waals surface area contributed by atoms with Crippen molar-refractivity contribution in [3.63, 3.8) is 0 Å². The van der Waals surface area contributed by atoms with Crippen LogP contribution in [0.25, 0.3) is 0 Å². The summed E-state index contributed by atoms with van der Waals surface area (Å²) in [5.74, 6) is 0. The number of ether oxygens (including phenoxy) is 1. The Bertz CT molecular complexity index is 429. The van der Waals surface area contributed by atoms with Gasteiger partial charge in [-0.05, 0) is 44.4 Å². The largest absolute Gasteiger partial charge is 0.446 e. The molecule has 1 heterocycles. The predicted molar refractivity (Wildman–Crippen MR) is 68.1 cm³/mol. The van der Waals surface area contributed by atoms with Crippen molar-refractivity contribution in [2.45, 2.75) is 32.8 Å². The molecule has 2 N–H and O–H groups in total. The van der Waals surface area contributed by atoms with Gasteiger partial charge in [-0.1, -0.05) is 6.07 Å². The molecule has 0 spiro atoms. The van der Waals surface area contributed by atoms with E-state index in [9.17, 15) is 4.79 Å². The van der Waals surface area contributed by atoms with Crippen LogP contribution in [0, 0.1) is 0 Å². The Hall–Kier alpha value is -1.71. The maximum atomic E-state index is 11.9. The minimum Gasteiger partial charge on any atom is -0.446 e. The van der Waals surface area contributed by atoms with Crippen molar-refractivity contribution in [3.05, 3.63) is 23.8 Å². The van der Waals surface area contributed by atoms with Gasteiger partial charge in [-0.25, -0.2) is 4.79 Å². The second kappa shape index (κ2) is 4.65. The summed E-state index contributed by atoms with van der Waals surface area (Å²) >= 11 is 0. The lowest BCUT2D eigenvalue weighted by atomic mass is 10.0. The van der Waals surface area contributed by atoms with Crippen molar-refractivity contribution in [1.82, 2.24) is 0 Å². The van der Waals surface area contributed by atoms with E-state index in [0.717, 1.165) is 24.1 Å². The highest BCUT2D eigenvalue weighted by Crippen LogP contribution is 2.29. The molecule has 0 atom stereocenters. The molecule has 0 saturated carbocycles. The molecule has 17 heavy (non-hydrogen) atoms. The number of rotatable bonds is 1. The van der Waals surface area contributed by atoms with E-state index in [1.54, 1.807) is 4.90 Å². The Labute approximate surface area is 101 Å². The van der Waals surface area contributed by atoms with Crippen molar-refractivity contribution in [2.24, 2.45) is 0 Å². The molecule has 2 rings (SSSR count). The molecule has 0 aromatic heterocycles. The van der Waals surface area contributed by atoms with Crippen molar-refractivity contribution >= 4 is 17.5 Å². The van der Waals surface area contributed by atoms with E-state index in [0.29, 0.717) is 12.2 Å². The molecular formula is C13H18N2O2. The molecule has 0 bridgehead atoms. The van der Waals surface area contributed by atoms with Gasteiger partial charge in [-0.3, -0.25) is 4.90 Å². The summed E-state index contributed by atoms with van der Waals surface area (Å²) < 4.78 is 5.23. The highest BCUT2D eigenvalue weighted by molar-refractivity contribution is 5.90. The van der Waals surface area contributed by atoms with E-state index in [1.807, 2.05) is 32.0 Å². The van der Waals surface area contributed by atoms with Gasteiger partial charge in [0.25, 0.3) is 0 Å². The fourth-order valence-electron chi connectivity index (χ4n) is 2.05. The number of nitrogens with zero attached hydrogens (tertiary/aromatic N) is 1. The van der Waals surface area contributed by atoms with Crippen LogP contribution in [0.15, 0.2) is 18.2 Å². The van der Waals surface area contributed by atoms with Gasteiger partial charge in [0.1, 0.15) is 0 Å². The number of nitrogens with two attached hydrogens (primary N) is 1. The Morgan fingerprint density at radius 1 is 1.47 bits per heavy atom. The first kappa shape index (κ1) is 11.8. The molecule has 0 fully saturated rings. The molecule has 1 aromatic carbocycles. The number of amides is 1. The van der Waals surface area contributed by atoms with Crippen LogP contribution in [0.3, 0.4) is 0 Å². The number of benzene rings is 1. The first-order valence-corrected chi connectivity index (χ1v) is 5.94. The van der Waals surface area contributed by atoms with Gasteiger partial charge in [0.05, 0.1) is 11.8 Å². The predicted octanol–water partition coefficient (Wildman–Crippen LogP) is 2.57. The highest BCUT2D eigenvalue weighted by Gasteiger charge is 2.24. The second-order valence-electron chi connectivity index (χ2n) is 4.58. The van der Waals surface area contributed by atoms with E-state index in [-0.39, 0.29) is 12.2 Å². The highest BCUT2D eigenvalue weighted by atomic mass is 16.6. The first-order chi connectivity index (χ1) is 8.08. The van der Waals surface area contributed by atoms with Crippen molar-refractivity contribution in [1.29, 1.82) is 0 Å².